The Bertz CT molecular complexity index is 348. The molecule has 1 aliphatic carbocycles. The van der Waals surface area contributed by atoms with Crippen molar-refractivity contribution in [1.29, 1.82) is 0 Å². The molecular weight excluding hydrogens is 196 g/mol. The van der Waals surface area contributed by atoms with E-state index < -0.39 is 0 Å². The van der Waals surface area contributed by atoms with Gasteiger partial charge in [-0.15, -0.1) is 0 Å². The third kappa shape index (κ3) is 2.27. The Labute approximate surface area is 98.5 Å². The molecule has 0 amide bonds. The van der Waals surface area contributed by atoms with Gasteiger partial charge in [-0.05, 0) is 37.3 Å². The van der Waals surface area contributed by atoms with Gasteiger partial charge in [0.2, 0.25) is 0 Å². The second-order valence-corrected chi connectivity index (χ2v) is 4.98. The van der Waals surface area contributed by atoms with Crippen LogP contribution in [-0.2, 0) is 6.42 Å². The van der Waals surface area contributed by atoms with Crippen molar-refractivity contribution in [1.82, 2.24) is 10.3 Å². The minimum absolute atomic E-state index is 0.472. The maximum absolute atomic E-state index is 4.52. The lowest BCUT2D eigenvalue weighted by Gasteiger charge is -2.24. The number of hydrogen-bond acceptors (Lipinski definition) is 2. The van der Waals surface area contributed by atoms with E-state index in [-0.39, 0.29) is 0 Å². The summed E-state index contributed by atoms with van der Waals surface area (Å²) in [6.45, 7) is 6.85. The second kappa shape index (κ2) is 4.96. The van der Waals surface area contributed by atoms with Crippen molar-refractivity contribution in [3.05, 3.63) is 29.6 Å². The molecule has 16 heavy (non-hydrogen) atoms. The number of fused-ring (bicyclic) bond motifs is 1. The monoisotopic (exact) mass is 218 g/mol. The van der Waals surface area contributed by atoms with E-state index in [2.05, 4.69) is 37.1 Å². The van der Waals surface area contributed by atoms with E-state index in [1.165, 1.54) is 30.5 Å². The van der Waals surface area contributed by atoms with Crippen LogP contribution in [0.4, 0.5) is 0 Å². The fraction of sp³-hybridized carbons (Fsp3) is 0.643. The minimum atomic E-state index is 0.472. The number of pyridine rings is 1. The largest absolute Gasteiger partial charge is 0.306 e. The van der Waals surface area contributed by atoms with Gasteiger partial charge >= 0.3 is 0 Å². The van der Waals surface area contributed by atoms with Crippen LogP contribution in [0.5, 0.6) is 0 Å². The van der Waals surface area contributed by atoms with Crippen LogP contribution in [0.15, 0.2) is 18.3 Å². The number of aryl methyl sites for hydroxylation is 1. The molecule has 88 valence electrons. The van der Waals surface area contributed by atoms with E-state index >= 15 is 0 Å². The van der Waals surface area contributed by atoms with E-state index in [9.17, 15) is 0 Å². The van der Waals surface area contributed by atoms with Crippen molar-refractivity contribution in [3.63, 3.8) is 0 Å². The molecule has 1 aromatic heterocycles. The lowest BCUT2D eigenvalue weighted by molar-refractivity contribution is 0.347. The first kappa shape index (κ1) is 11.6. The molecular formula is C14H22N2. The number of aromatic nitrogens is 1. The molecule has 2 heteroatoms. The highest BCUT2D eigenvalue weighted by Crippen LogP contribution is 2.29. The Morgan fingerprint density at radius 1 is 1.50 bits per heavy atom. The van der Waals surface area contributed by atoms with Crippen LogP contribution in [0.1, 0.15) is 50.9 Å². The molecule has 2 nitrogen and oxygen atoms in total. The molecule has 0 bridgehead atoms. The Morgan fingerprint density at radius 2 is 2.31 bits per heavy atom. The van der Waals surface area contributed by atoms with E-state index in [0.717, 1.165) is 5.92 Å². The van der Waals surface area contributed by atoms with Gasteiger partial charge in [0.05, 0.1) is 11.7 Å². The molecule has 1 heterocycles. The molecule has 3 atom stereocenters. The summed E-state index contributed by atoms with van der Waals surface area (Å²) in [5.41, 5.74) is 2.70. The van der Waals surface area contributed by atoms with Crippen LogP contribution in [-0.4, -0.2) is 11.0 Å². The third-order valence-corrected chi connectivity index (χ3v) is 3.92. The molecule has 3 unspecified atom stereocenters. The van der Waals surface area contributed by atoms with E-state index in [4.69, 9.17) is 0 Å². The van der Waals surface area contributed by atoms with Gasteiger partial charge in [0.25, 0.3) is 0 Å². The molecule has 1 N–H and O–H groups in total. The topological polar surface area (TPSA) is 24.9 Å². The van der Waals surface area contributed by atoms with Crippen LogP contribution in [0.25, 0.3) is 0 Å². The number of hydrogen-bond donors (Lipinski definition) is 1. The van der Waals surface area contributed by atoms with E-state index in [0.29, 0.717) is 12.1 Å². The van der Waals surface area contributed by atoms with E-state index in [1.54, 1.807) is 0 Å². The molecule has 2 rings (SSSR count). The number of rotatable bonds is 4. The first-order valence-corrected chi connectivity index (χ1v) is 6.42. The van der Waals surface area contributed by atoms with Gasteiger partial charge < -0.3 is 5.32 Å². The van der Waals surface area contributed by atoms with Gasteiger partial charge in [0.15, 0.2) is 0 Å². The van der Waals surface area contributed by atoms with Crippen LogP contribution < -0.4 is 5.32 Å². The van der Waals surface area contributed by atoms with Gasteiger partial charge in [0.1, 0.15) is 0 Å². The number of nitrogens with zero attached hydrogens (tertiary/aromatic N) is 1. The fourth-order valence-electron chi connectivity index (χ4n) is 2.41. The first-order chi connectivity index (χ1) is 7.72. The summed E-state index contributed by atoms with van der Waals surface area (Å²) in [5.74, 6) is 0.729. The standard InChI is InChI=1S/C14H22N2/c1-4-10(2)11(3)16-13-8-7-12-6-5-9-15-14(12)13/h5-6,9-11,13,16H,4,7-8H2,1-3H3. The molecule has 1 aliphatic rings. The highest BCUT2D eigenvalue weighted by molar-refractivity contribution is 5.27. The Morgan fingerprint density at radius 3 is 3.06 bits per heavy atom. The lowest BCUT2D eigenvalue weighted by atomic mass is 9.99. The average molecular weight is 218 g/mol. The van der Waals surface area contributed by atoms with E-state index in [1.807, 2.05) is 12.3 Å². The summed E-state index contributed by atoms with van der Waals surface area (Å²) in [5, 5.41) is 3.72. The van der Waals surface area contributed by atoms with Crippen molar-refractivity contribution in [2.45, 2.75) is 52.1 Å². The Kier molecular flexibility index (Phi) is 3.59. The molecule has 0 fully saturated rings. The summed E-state index contributed by atoms with van der Waals surface area (Å²) in [6.07, 6.45) is 5.52. The summed E-state index contributed by atoms with van der Waals surface area (Å²) in [7, 11) is 0. The second-order valence-electron chi connectivity index (χ2n) is 4.98. The summed E-state index contributed by atoms with van der Waals surface area (Å²) in [4.78, 5) is 4.52. The molecule has 0 aliphatic heterocycles. The smallest absolute Gasteiger partial charge is 0.0605 e. The zero-order chi connectivity index (χ0) is 11.5. The average Bonchev–Trinajstić information content (AvgIpc) is 2.72. The fourth-order valence-corrected chi connectivity index (χ4v) is 2.41. The van der Waals surface area contributed by atoms with Crippen LogP contribution >= 0.6 is 0 Å². The third-order valence-electron chi connectivity index (χ3n) is 3.92. The van der Waals surface area contributed by atoms with Gasteiger partial charge in [-0.3, -0.25) is 4.98 Å². The predicted molar refractivity (Wildman–Crippen MR) is 67.4 cm³/mol. The van der Waals surface area contributed by atoms with Crippen LogP contribution in [0, 0.1) is 5.92 Å². The highest BCUT2D eigenvalue weighted by Gasteiger charge is 2.25. The van der Waals surface area contributed by atoms with Gasteiger partial charge in [-0.1, -0.05) is 26.3 Å². The van der Waals surface area contributed by atoms with Gasteiger partial charge in [-0.2, -0.15) is 0 Å². The van der Waals surface area contributed by atoms with Crippen molar-refractivity contribution < 1.29 is 0 Å². The van der Waals surface area contributed by atoms with Crippen molar-refractivity contribution in [2.24, 2.45) is 5.92 Å². The molecule has 0 radical (unpaired) electrons. The van der Waals surface area contributed by atoms with Crippen LogP contribution in [0.2, 0.25) is 0 Å². The molecule has 0 aromatic carbocycles. The van der Waals surface area contributed by atoms with Gasteiger partial charge in [-0.25, -0.2) is 0 Å². The minimum Gasteiger partial charge on any atom is -0.306 e. The molecule has 0 spiro atoms. The van der Waals surface area contributed by atoms with Crippen molar-refractivity contribution in [2.75, 3.05) is 0 Å². The zero-order valence-corrected chi connectivity index (χ0v) is 10.5. The highest BCUT2D eigenvalue weighted by atomic mass is 15.0. The first-order valence-electron chi connectivity index (χ1n) is 6.42. The molecule has 1 aromatic rings. The lowest BCUT2D eigenvalue weighted by Crippen LogP contribution is -2.34. The maximum Gasteiger partial charge on any atom is 0.0605 e. The molecule has 0 saturated heterocycles. The SMILES string of the molecule is CCC(C)C(C)NC1CCc2cccnc21. The van der Waals surface area contributed by atoms with Gasteiger partial charge in [0, 0.05) is 12.2 Å². The number of nitrogens with one attached hydrogen (secondary N) is 1. The van der Waals surface area contributed by atoms with Crippen LogP contribution in [0.3, 0.4) is 0 Å². The van der Waals surface area contributed by atoms with Crippen molar-refractivity contribution in [3.8, 4) is 0 Å². The van der Waals surface area contributed by atoms with Crippen molar-refractivity contribution >= 4 is 0 Å². The summed E-state index contributed by atoms with van der Waals surface area (Å²) >= 11 is 0. The quantitative estimate of drug-likeness (QED) is 0.840. The summed E-state index contributed by atoms with van der Waals surface area (Å²) in [6, 6.07) is 5.29. The zero-order valence-electron chi connectivity index (χ0n) is 10.5. The summed E-state index contributed by atoms with van der Waals surface area (Å²) < 4.78 is 0. The predicted octanol–water partition coefficient (Wildman–Crippen LogP) is 3.09. The molecule has 0 saturated carbocycles. The maximum atomic E-state index is 4.52. The Balaban J connectivity index is 2.03. The Hall–Kier alpha value is -0.890. The normalized spacial score (nSPS) is 22.8.